The molecule has 0 amide bonds. The minimum absolute atomic E-state index is 0.375. The van der Waals surface area contributed by atoms with Crippen LogP contribution in [0.4, 0.5) is 0 Å². The molecule has 2 aromatic heterocycles. The Morgan fingerprint density at radius 1 is 1.19 bits per heavy atom. The zero-order valence-electron chi connectivity index (χ0n) is 7.81. The van der Waals surface area contributed by atoms with E-state index in [0.717, 1.165) is 3.79 Å². The van der Waals surface area contributed by atoms with Crippen LogP contribution in [-0.4, -0.2) is 11.9 Å². The van der Waals surface area contributed by atoms with Crippen molar-refractivity contribution < 1.29 is 14.3 Å². The molecule has 0 N–H and O–H groups in total. The van der Waals surface area contributed by atoms with Gasteiger partial charge in [-0.2, -0.15) is 11.3 Å². The summed E-state index contributed by atoms with van der Waals surface area (Å²) in [7, 11) is 0. The van der Waals surface area contributed by atoms with Gasteiger partial charge in [0.1, 0.15) is 0 Å². The molecule has 0 bridgehead atoms. The van der Waals surface area contributed by atoms with Gasteiger partial charge in [0.25, 0.3) is 0 Å². The van der Waals surface area contributed by atoms with Gasteiger partial charge in [-0.3, -0.25) is 0 Å². The standard InChI is InChI=1S/C10H5BrO3S2/c11-8-3-7(5-16-8)10(13)14-9(12)6-1-2-15-4-6/h1-5H. The smallest absolute Gasteiger partial charge is 0.346 e. The van der Waals surface area contributed by atoms with Gasteiger partial charge in [0.2, 0.25) is 0 Å². The highest BCUT2D eigenvalue weighted by Gasteiger charge is 2.16. The van der Waals surface area contributed by atoms with Gasteiger partial charge in [-0.25, -0.2) is 9.59 Å². The number of halogens is 1. The van der Waals surface area contributed by atoms with Crippen LogP contribution in [-0.2, 0) is 4.74 Å². The average Bonchev–Trinajstić information content (AvgIpc) is 2.87. The summed E-state index contributed by atoms with van der Waals surface area (Å²) in [5.41, 5.74) is 0.771. The van der Waals surface area contributed by atoms with Crippen LogP contribution in [0.25, 0.3) is 0 Å². The van der Waals surface area contributed by atoms with Crippen LogP contribution in [0.3, 0.4) is 0 Å². The number of ether oxygens (including phenoxy) is 1. The van der Waals surface area contributed by atoms with E-state index in [4.69, 9.17) is 4.74 Å². The molecule has 0 aromatic carbocycles. The summed E-state index contributed by atoms with van der Waals surface area (Å²) in [4.78, 5) is 23.0. The van der Waals surface area contributed by atoms with Gasteiger partial charge in [0.15, 0.2) is 0 Å². The van der Waals surface area contributed by atoms with Crippen molar-refractivity contribution in [3.05, 3.63) is 43.2 Å². The molecule has 0 saturated heterocycles. The zero-order chi connectivity index (χ0) is 11.5. The normalized spacial score (nSPS) is 10.1. The van der Waals surface area contributed by atoms with Crippen LogP contribution < -0.4 is 0 Å². The van der Waals surface area contributed by atoms with E-state index >= 15 is 0 Å². The Labute approximate surface area is 108 Å². The second kappa shape index (κ2) is 4.90. The number of thiophene rings is 2. The molecule has 82 valence electrons. The van der Waals surface area contributed by atoms with E-state index in [2.05, 4.69) is 15.9 Å². The molecule has 0 aliphatic rings. The largest absolute Gasteiger partial charge is 0.386 e. The lowest BCUT2D eigenvalue weighted by Gasteiger charge is -1.98. The summed E-state index contributed by atoms with van der Waals surface area (Å²) in [6.07, 6.45) is 0. The molecule has 0 aliphatic carbocycles. The average molecular weight is 317 g/mol. The van der Waals surface area contributed by atoms with Crippen LogP contribution in [0.1, 0.15) is 20.7 Å². The first-order valence-corrected chi connectivity index (χ1v) is 6.81. The molecule has 16 heavy (non-hydrogen) atoms. The lowest BCUT2D eigenvalue weighted by atomic mass is 10.3. The molecule has 0 radical (unpaired) electrons. The fraction of sp³-hybridized carbons (Fsp3) is 0. The van der Waals surface area contributed by atoms with Crippen LogP contribution in [0.2, 0.25) is 0 Å². The van der Waals surface area contributed by atoms with Crippen molar-refractivity contribution in [2.75, 3.05) is 0 Å². The highest BCUT2D eigenvalue weighted by atomic mass is 79.9. The van der Waals surface area contributed by atoms with E-state index in [1.54, 1.807) is 28.3 Å². The van der Waals surface area contributed by atoms with Crippen molar-refractivity contribution >= 4 is 50.5 Å². The Balaban J connectivity index is 2.06. The predicted molar refractivity (Wildman–Crippen MR) is 66.1 cm³/mol. The van der Waals surface area contributed by atoms with Crippen LogP contribution in [0, 0.1) is 0 Å². The second-order valence-electron chi connectivity index (χ2n) is 2.83. The third-order valence-corrected chi connectivity index (χ3v) is 3.93. The molecule has 0 atom stereocenters. The van der Waals surface area contributed by atoms with Crippen LogP contribution >= 0.6 is 38.6 Å². The quantitative estimate of drug-likeness (QED) is 0.628. The Kier molecular flexibility index (Phi) is 3.52. The number of hydrogen-bond donors (Lipinski definition) is 0. The Hall–Kier alpha value is -0.980. The molecule has 0 spiro atoms. The Morgan fingerprint density at radius 2 is 1.94 bits per heavy atom. The van der Waals surface area contributed by atoms with Crippen molar-refractivity contribution in [1.29, 1.82) is 0 Å². The molecule has 0 unspecified atom stereocenters. The summed E-state index contributed by atoms with van der Waals surface area (Å²) in [5, 5.41) is 5.02. The minimum atomic E-state index is -0.627. The molecular weight excluding hydrogens is 312 g/mol. The van der Waals surface area contributed by atoms with E-state index in [-0.39, 0.29) is 0 Å². The molecular formula is C10H5BrO3S2. The van der Waals surface area contributed by atoms with Crippen LogP contribution in [0.5, 0.6) is 0 Å². The molecule has 3 nitrogen and oxygen atoms in total. The van der Waals surface area contributed by atoms with Gasteiger partial charge < -0.3 is 4.74 Å². The third-order valence-electron chi connectivity index (χ3n) is 1.75. The van der Waals surface area contributed by atoms with E-state index in [1.165, 1.54) is 22.7 Å². The maximum absolute atomic E-state index is 11.5. The molecule has 0 fully saturated rings. The van der Waals surface area contributed by atoms with Gasteiger partial charge >= 0.3 is 11.9 Å². The van der Waals surface area contributed by atoms with Crippen molar-refractivity contribution in [2.24, 2.45) is 0 Å². The fourth-order valence-electron chi connectivity index (χ4n) is 1.000. The topological polar surface area (TPSA) is 43.4 Å². The number of esters is 2. The van der Waals surface area contributed by atoms with Gasteiger partial charge in [-0.15, -0.1) is 11.3 Å². The van der Waals surface area contributed by atoms with Gasteiger partial charge in [-0.05, 0) is 33.4 Å². The highest BCUT2D eigenvalue weighted by Crippen LogP contribution is 2.21. The maximum Gasteiger partial charge on any atom is 0.346 e. The lowest BCUT2D eigenvalue weighted by Crippen LogP contribution is -2.11. The number of carbonyl (C=O) groups is 2. The number of rotatable bonds is 2. The maximum atomic E-state index is 11.5. The predicted octanol–water partition coefficient (Wildman–Crippen LogP) is 3.57. The lowest BCUT2D eigenvalue weighted by molar-refractivity contribution is 0.0398. The van der Waals surface area contributed by atoms with Crippen LogP contribution in [0.15, 0.2) is 32.1 Å². The second-order valence-corrected chi connectivity index (χ2v) is 5.90. The summed E-state index contributed by atoms with van der Waals surface area (Å²) in [5.74, 6) is -1.24. The first-order chi connectivity index (χ1) is 7.66. The van der Waals surface area contributed by atoms with Gasteiger partial charge in [-0.1, -0.05) is 0 Å². The van der Waals surface area contributed by atoms with E-state index in [1.807, 2.05) is 0 Å². The Morgan fingerprint density at radius 3 is 2.50 bits per heavy atom. The molecule has 2 rings (SSSR count). The molecule has 0 aliphatic heterocycles. The summed E-state index contributed by atoms with van der Waals surface area (Å²) in [6.45, 7) is 0. The first kappa shape index (κ1) is 11.5. The van der Waals surface area contributed by atoms with Crippen molar-refractivity contribution in [1.82, 2.24) is 0 Å². The molecule has 0 saturated carbocycles. The third kappa shape index (κ3) is 2.58. The van der Waals surface area contributed by atoms with Gasteiger partial charge in [0, 0.05) is 10.8 Å². The van der Waals surface area contributed by atoms with Crippen molar-refractivity contribution in [2.45, 2.75) is 0 Å². The van der Waals surface area contributed by atoms with E-state index in [9.17, 15) is 9.59 Å². The summed E-state index contributed by atoms with van der Waals surface area (Å²) >= 11 is 5.97. The fourth-order valence-corrected chi connectivity index (χ4v) is 2.75. The molecule has 2 heterocycles. The van der Waals surface area contributed by atoms with E-state index in [0.29, 0.717) is 11.1 Å². The zero-order valence-corrected chi connectivity index (χ0v) is 11.0. The van der Waals surface area contributed by atoms with Crippen molar-refractivity contribution in [3.63, 3.8) is 0 Å². The summed E-state index contributed by atoms with van der Waals surface area (Å²) < 4.78 is 5.53. The number of hydrogen-bond acceptors (Lipinski definition) is 5. The highest BCUT2D eigenvalue weighted by molar-refractivity contribution is 9.11. The van der Waals surface area contributed by atoms with E-state index < -0.39 is 11.9 Å². The number of carbonyl (C=O) groups excluding carboxylic acids is 2. The summed E-state index contributed by atoms with van der Waals surface area (Å²) in [6, 6.07) is 3.23. The Bertz CT molecular complexity index is 516. The SMILES string of the molecule is O=C(OC(=O)c1csc(Br)c1)c1ccsc1. The molecule has 6 heteroatoms. The molecule has 2 aromatic rings. The first-order valence-electron chi connectivity index (χ1n) is 4.19. The minimum Gasteiger partial charge on any atom is -0.386 e. The monoisotopic (exact) mass is 316 g/mol. The van der Waals surface area contributed by atoms with Crippen molar-refractivity contribution in [3.8, 4) is 0 Å². The van der Waals surface area contributed by atoms with Gasteiger partial charge in [0.05, 0.1) is 14.9 Å².